The molecule has 0 saturated carbocycles. The standard InChI is InChI=1S/C13H15NO/c1-3-4-5-8-15-13-7-6-11(2)9-12(13)10-14/h3,6-7,9H,1,4-5,8H2,2H3. The van der Waals surface area contributed by atoms with Crippen molar-refractivity contribution < 1.29 is 4.74 Å². The molecule has 1 rings (SSSR count). The van der Waals surface area contributed by atoms with Crippen molar-refractivity contribution in [3.8, 4) is 11.8 Å². The minimum atomic E-state index is 0.605. The van der Waals surface area contributed by atoms with Gasteiger partial charge in [-0.3, -0.25) is 0 Å². The lowest BCUT2D eigenvalue weighted by molar-refractivity contribution is 0.311. The smallest absolute Gasteiger partial charge is 0.137 e. The molecule has 0 amide bonds. The van der Waals surface area contributed by atoms with Gasteiger partial charge in [0, 0.05) is 0 Å². The SMILES string of the molecule is C=CCCCOc1ccc(C)cc1C#N. The Balaban J connectivity index is 2.61. The Morgan fingerprint density at radius 2 is 2.33 bits per heavy atom. The number of allylic oxidation sites excluding steroid dienone is 1. The molecule has 0 N–H and O–H groups in total. The van der Waals surface area contributed by atoms with E-state index in [4.69, 9.17) is 10.00 Å². The van der Waals surface area contributed by atoms with E-state index in [1.165, 1.54) is 0 Å². The quantitative estimate of drug-likeness (QED) is 0.541. The summed E-state index contributed by atoms with van der Waals surface area (Å²) in [5.41, 5.74) is 1.68. The molecular formula is C13H15NO. The minimum Gasteiger partial charge on any atom is -0.492 e. The van der Waals surface area contributed by atoms with Crippen LogP contribution >= 0.6 is 0 Å². The van der Waals surface area contributed by atoms with Gasteiger partial charge in [-0.2, -0.15) is 5.26 Å². The van der Waals surface area contributed by atoms with Crippen molar-refractivity contribution in [1.82, 2.24) is 0 Å². The second kappa shape index (κ2) is 5.87. The van der Waals surface area contributed by atoms with E-state index in [2.05, 4.69) is 12.6 Å². The maximum atomic E-state index is 8.90. The Morgan fingerprint density at radius 1 is 1.53 bits per heavy atom. The lowest BCUT2D eigenvalue weighted by Crippen LogP contribution is -1.98. The van der Waals surface area contributed by atoms with E-state index in [1.54, 1.807) is 0 Å². The fourth-order valence-electron chi connectivity index (χ4n) is 1.27. The fourth-order valence-corrected chi connectivity index (χ4v) is 1.27. The van der Waals surface area contributed by atoms with Gasteiger partial charge in [-0.15, -0.1) is 6.58 Å². The zero-order valence-electron chi connectivity index (χ0n) is 8.99. The molecule has 0 heterocycles. The number of nitrogens with zero attached hydrogens (tertiary/aromatic N) is 1. The highest BCUT2D eigenvalue weighted by Gasteiger charge is 2.02. The van der Waals surface area contributed by atoms with Gasteiger partial charge >= 0.3 is 0 Å². The van der Waals surface area contributed by atoms with Gasteiger partial charge in [0.05, 0.1) is 12.2 Å². The van der Waals surface area contributed by atoms with Crippen LogP contribution in [0.5, 0.6) is 5.75 Å². The Kier molecular flexibility index (Phi) is 4.43. The van der Waals surface area contributed by atoms with Crippen LogP contribution in [0.15, 0.2) is 30.9 Å². The highest BCUT2D eigenvalue weighted by atomic mass is 16.5. The van der Waals surface area contributed by atoms with Crippen molar-refractivity contribution in [2.24, 2.45) is 0 Å². The molecule has 0 aliphatic heterocycles. The molecule has 0 bridgehead atoms. The van der Waals surface area contributed by atoms with Gasteiger partial charge in [0.1, 0.15) is 11.8 Å². The van der Waals surface area contributed by atoms with Crippen LogP contribution in [0.3, 0.4) is 0 Å². The Labute approximate surface area is 90.8 Å². The number of benzene rings is 1. The fraction of sp³-hybridized carbons (Fsp3) is 0.308. The van der Waals surface area contributed by atoms with Gasteiger partial charge in [-0.05, 0) is 37.5 Å². The number of hydrogen-bond acceptors (Lipinski definition) is 2. The first-order valence-corrected chi connectivity index (χ1v) is 5.02. The Bertz CT molecular complexity index is 377. The van der Waals surface area contributed by atoms with E-state index in [-0.39, 0.29) is 0 Å². The number of ether oxygens (including phenoxy) is 1. The van der Waals surface area contributed by atoms with E-state index in [1.807, 2.05) is 31.2 Å². The van der Waals surface area contributed by atoms with Crippen LogP contribution in [0.25, 0.3) is 0 Å². The van der Waals surface area contributed by atoms with Crippen molar-refractivity contribution in [3.63, 3.8) is 0 Å². The first-order chi connectivity index (χ1) is 7.27. The summed E-state index contributed by atoms with van der Waals surface area (Å²) in [7, 11) is 0. The number of aryl methyl sites for hydroxylation is 1. The van der Waals surface area contributed by atoms with Gasteiger partial charge in [0.15, 0.2) is 0 Å². The van der Waals surface area contributed by atoms with Crippen LogP contribution in [0, 0.1) is 18.3 Å². The van der Waals surface area contributed by atoms with Crippen LogP contribution in [0.1, 0.15) is 24.0 Å². The maximum Gasteiger partial charge on any atom is 0.137 e. The van der Waals surface area contributed by atoms with Crippen molar-refractivity contribution in [2.75, 3.05) is 6.61 Å². The van der Waals surface area contributed by atoms with Crippen molar-refractivity contribution in [3.05, 3.63) is 42.0 Å². The highest BCUT2D eigenvalue weighted by molar-refractivity contribution is 5.45. The molecule has 0 unspecified atom stereocenters. The molecule has 0 saturated heterocycles. The second-order valence-electron chi connectivity index (χ2n) is 3.39. The third-order valence-corrected chi connectivity index (χ3v) is 2.07. The predicted octanol–water partition coefficient (Wildman–Crippen LogP) is 3.21. The zero-order chi connectivity index (χ0) is 11.1. The first kappa shape index (κ1) is 11.3. The number of nitriles is 1. The van der Waals surface area contributed by atoms with Crippen LogP contribution in [-0.2, 0) is 0 Å². The van der Waals surface area contributed by atoms with Crippen molar-refractivity contribution in [1.29, 1.82) is 5.26 Å². The Morgan fingerprint density at radius 3 is 3.00 bits per heavy atom. The molecule has 2 nitrogen and oxygen atoms in total. The minimum absolute atomic E-state index is 0.605. The average molecular weight is 201 g/mol. The average Bonchev–Trinajstić information content (AvgIpc) is 2.26. The largest absolute Gasteiger partial charge is 0.492 e. The summed E-state index contributed by atoms with van der Waals surface area (Å²) in [6.07, 6.45) is 3.74. The maximum absolute atomic E-state index is 8.90. The lowest BCUT2D eigenvalue weighted by atomic mass is 10.1. The summed E-state index contributed by atoms with van der Waals surface area (Å²) >= 11 is 0. The molecule has 0 aliphatic rings. The van der Waals surface area contributed by atoms with Gasteiger partial charge < -0.3 is 4.74 Å². The summed E-state index contributed by atoms with van der Waals surface area (Å²) < 4.78 is 5.51. The lowest BCUT2D eigenvalue weighted by Gasteiger charge is -2.07. The van der Waals surface area contributed by atoms with Crippen LogP contribution in [0.4, 0.5) is 0 Å². The van der Waals surface area contributed by atoms with E-state index in [0.29, 0.717) is 17.9 Å². The summed E-state index contributed by atoms with van der Waals surface area (Å²) in [5.74, 6) is 0.673. The van der Waals surface area contributed by atoms with E-state index < -0.39 is 0 Å². The topological polar surface area (TPSA) is 33.0 Å². The summed E-state index contributed by atoms with van der Waals surface area (Å²) in [6.45, 7) is 6.23. The molecule has 0 atom stereocenters. The second-order valence-corrected chi connectivity index (χ2v) is 3.39. The first-order valence-electron chi connectivity index (χ1n) is 5.02. The Hall–Kier alpha value is -1.75. The molecule has 2 heteroatoms. The summed E-state index contributed by atoms with van der Waals surface area (Å²) in [5, 5.41) is 8.90. The highest BCUT2D eigenvalue weighted by Crippen LogP contribution is 2.19. The summed E-state index contributed by atoms with van der Waals surface area (Å²) in [4.78, 5) is 0. The molecule has 0 aromatic heterocycles. The summed E-state index contributed by atoms with van der Waals surface area (Å²) in [6, 6.07) is 7.77. The molecule has 0 fully saturated rings. The molecule has 0 spiro atoms. The third-order valence-electron chi connectivity index (χ3n) is 2.07. The van der Waals surface area contributed by atoms with Crippen LogP contribution < -0.4 is 4.74 Å². The van der Waals surface area contributed by atoms with Crippen LogP contribution in [0.2, 0.25) is 0 Å². The third kappa shape index (κ3) is 3.47. The number of unbranched alkanes of at least 4 members (excludes halogenated alkanes) is 1. The zero-order valence-corrected chi connectivity index (χ0v) is 8.99. The predicted molar refractivity (Wildman–Crippen MR) is 60.8 cm³/mol. The van der Waals surface area contributed by atoms with E-state index in [9.17, 15) is 0 Å². The molecule has 1 aromatic rings. The molecule has 15 heavy (non-hydrogen) atoms. The van der Waals surface area contributed by atoms with Crippen LogP contribution in [-0.4, -0.2) is 6.61 Å². The van der Waals surface area contributed by atoms with Crippen molar-refractivity contribution in [2.45, 2.75) is 19.8 Å². The van der Waals surface area contributed by atoms with Crippen molar-refractivity contribution >= 4 is 0 Å². The van der Waals surface area contributed by atoms with E-state index in [0.717, 1.165) is 18.4 Å². The monoisotopic (exact) mass is 201 g/mol. The molecule has 0 radical (unpaired) electrons. The van der Waals surface area contributed by atoms with E-state index >= 15 is 0 Å². The normalized spacial score (nSPS) is 9.33. The van der Waals surface area contributed by atoms with Gasteiger partial charge in [0.25, 0.3) is 0 Å². The number of rotatable bonds is 5. The molecule has 1 aromatic carbocycles. The van der Waals surface area contributed by atoms with Gasteiger partial charge in [-0.25, -0.2) is 0 Å². The molecule has 0 aliphatic carbocycles. The van der Waals surface area contributed by atoms with Gasteiger partial charge in [-0.1, -0.05) is 12.1 Å². The molecular weight excluding hydrogens is 186 g/mol. The molecule has 78 valence electrons. The number of hydrogen-bond donors (Lipinski definition) is 0. The van der Waals surface area contributed by atoms with Gasteiger partial charge in [0.2, 0.25) is 0 Å².